The molecule has 0 aliphatic carbocycles. The van der Waals surface area contributed by atoms with Gasteiger partial charge < -0.3 is 31.9 Å². The maximum Gasteiger partial charge on any atom is 0.142 e. The van der Waals surface area contributed by atoms with E-state index in [1.807, 2.05) is 37.3 Å². The van der Waals surface area contributed by atoms with E-state index in [-0.39, 0.29) is 19.3 Å². The Balaban J connectivity index is 2.07. The normalized spacial score (nSPS) is 18.2. The minimum absolute atomic E-state index is 0.00997. The summed E-state index contributed by atoms with van der Waals surface area (Å²) >= 11 is 0. The number of hydrogen-bond acceptors (Lipinski definition) is 7. The average Bonchev–Trinajstić information content (AvgIpc) is 2.96. The fourth-order valence-corrected chi connectivity index (χ4v) is 3.76. The molecule has 1 heterocycles. The average molecular weight is 422 g/mol. The molecular formula is C24H31N5O2. The smallest absolute Gasteiger partial charge is 0.142 e. The van der Waals surface area contributed by atoms with Gasteiger partial charge in [-0.15, -0.1) is 0 Å². The van der Waals surface area contributed by atoms with E-state index in [0.29, 0.717) is 5.75 Å². The van der Waals surface area contributed by atoms with Crippen LogP contribution in [0, 0.1) is 0 Å². The quantitative estimate of drug-likeness (QED) is 0.439. The lowest BCUT2D eigenvalue weighted by molar-refractivity contribution is 0.202. The summed E-state index contributed by atoms with van der Waals surface area (Å²) in [5.74, 6) is 0.706. The standard InChI is InChI=1S/C24H31N5O2/c1-16(26)24-19-8-7-17(18(14-25)15-27-2)13-20(19)21(9-10-28-24)29-22-5-3-4-6-23(22)31-12-11-30/h3-8,13-15,21,28-30H,9-12,25-26H2,1-2H3/b18-14?,24-16-,27-15?. The third-order valence-corrected chi connectivity index (χ3v) is 5.17. The molecular weight excluding hydrogens is 390 g/mol. The number of ether oxygens (including phenoxy) is 1. The van der Waals surface area contributed by atoms with Gasteiger partial charge in [0.05, 0.1) is 24.0 Å². The number of allylic oxidation sites excluding steroid dienone is 2. The zero-order valence-electron chi connectivity index (χ0n) is 18.1. The van der Waals surface area contributed by atoms with Crippen molar-refractivity contribution in [3.05, 3.63) is 71.1 Å². The minimum atomic E-state index is -0.0367. The fraction of sp³-hybridized carbons (Fsp3) is 0.292. The molecule has 0 aromatic heterocycles. The molecule has 7 N–H and O–H groups in total. The number of anilines is 1. The second-order valence-corrected chi connectivity index (χ2v) is 7.35. The Hall–Kier alpha value is -3.45. The number of aliphatic hydroxyl groups excluding tert-OH is 1. The number of nitrogens with two attached hydrogens (primary N) is 2. The number of para-hydroxylation sites is 2. The zero-order valence-corrected chi connectivity index (χ0v) is 18.1. The molecule has 164 valence electrons. The maximum atomic E-state index is 9.14. The first-order valence-electron chi connectivity index (χ1n) is 10.4. The van der Waals surface area contributed by atoms with Gasteiger partial charge in [0.1, 0.15) is 12.4 Å². The van der Waals surface area contributed by atoms with Crippen molar-refractivity contribution in [1.82, 2.24) is 5.32 Å². The van der Waals surface area contributed by atoms with E-state index in [0.717, 1.165) is 52.3 Å². The lowest BCUT2D eigenvalue weighted by atomic mass is 9.92. The Morgan fingerprint density at radius 3 is 2.84 bits per heavy atom. The predicted octanol–water partition coefficient (Wildman–Crippen LogP) is 2.85. The molecule has 7 nitrogen and oxygen atoms in total. The van der Waals surface area contributed by atoms with E-state index in [1.165, 1.54) is 0 Å². The van der Waals surface area contributed by atoms with Crippen LogP contribution in [0.4, 0.5) is 5.69 Å². The highest BCUT2D eigenvalue weighted by molar-refractivity contribution is 6.09. The van der Waals surface area contributed by atoms with Gasteiger partial charge in [-0.1, -0.05) is 24.3 Å². The van der Waals surface area contributed by atoms with Crippen molar-refractivity contribution in [2.24, 2.45) is 16.5 Å². The summed E-state index contributed by atoms with van der Waals surface area (Å²) in [5.41, 5.74) is 18.6. The molecule has 2 aromatic carbocycles. The second-order valence-electron chi connectivity index (χ2n) is 7.35. The minimum Gasteiger partial charge on any atom is -0.489 e. The van der Waals surface area contributed by atoms with E-state index in [9.17, 15) is 0 Å². The molecule has 0 amide bonds. The molecule has 31 heavy (non-hydrogen) atoms. The van der Waals surface area contributed by atoms with E-state index in [4.69, 9.17) is 21.3 Å². The molecule has 2 aromatic rings. The Morgan fingerprint density at radius 1 is 1.32 bits per heavy atom. The van der Waals surface area contributed by atoms with Gasteiger partial charge in [-0.3, -0.25) is 4.99 Å². The van der Waals surface area contributed by atoms with Crippen LogP contribution in [0.2, 0.25) is 0 Å². The number of fused-ring (bicyclic) bond motifs is 1. The van der Waals surface area contributed by atoms with Gasteiger partial charge in [-0.25, -0.2) is 0 Å². The number of aliphatic hydroxyl groups is 1. The second kappa shape index (κ2) is 10.5. The van der Waals surface area contributed by atoms with E-state index < -0.39 is 0 Å². The van der Waals surface area contributed by atoms with Crippen LogP contribution in [0.15, 0.2) is 59.4 Å². The van der Waals surface area contributed by atoms with Gasteiger partial charge in [0.2, 0.25) is 0 Å². The third kappa shape index (κ3) is 5.19. The summed E-state index contributed by atoms with van der Waals surface area (Å²) in [4.78, 5) is 4.12. The molecule has 1 atom stereocenters. The van der Waals surface area contributed by atoms with Crippen LogP contribution in [0.25, 0.3) is 11.3 Å². The van der Waals surface area contributed by atoms with E-state index in [1.54, 1.807) is 19.5 Å². The van der Waals surface area contributed by atoms with Gasteiger partial charge in [-0.05, 0) is 42.7 Å². The Morgan fingerprint density at radius 2 is 2.13 bits per heavy atom. The van der Waals surface area contributed by atoms with Crippen molar-refractivity contribution in [3.63, 3.8) is 0 Å². The Labute approximate surface area is 183 Å². The molecule has 1 aliphatic rings. The monoisotopic (exact) mass is 421 g/mol. The first-order chi connectivity index (χ1) is 15.1. The zero-order chi connectivity index (χ0) is 22.2. The summed E-state index contributed by atoms with van der Waals surface area (Å²) in [5, 5.41) is 16.3. The molecule has 0 saturated heterocycles. The largest absolute Gasteiger partial charge is 0.489 e. The van der Waals surface area contributed by atoms with Gasteiger partial charge >= 0.3 is 0 Å². The lowest BCUT2D eigenvalue weighted by Gasteiger charge is -2.23. The van der Waals surface area contributed by atoms with Crippen LogP contribution in [0.3, 0.4) is 0 Å². The van der Waals surface area contributed by atoms with Crippen molar-refractivity contribution in [2.75, 3.05) is 32.1 Å². The predicted molar refractivity (Wildman–Crippen MR) is 128 cm³/mol. The molecule has 0 spiro atoms. The molecule has 3 rings (SSSR count). The van der Waals surface area contributed by atoms with Crippen molar-refractivity contribution >= 4 is 23.2 Å². The highest BCUT2D eigenvalue weighted by atomic mass is 16.5. The molecule has 0 saturated carbocycles. The van der Waals surface area contributed by atoms with Gasteiger partial charge in [-0.2, -0.15) is 0 Å². The lowest BCUT2D eigenvalue weighted by Crippen LogP contribution is -2.17. The van der Waals surface area contributed by atoms with Crippen LogP contribution in [-0.2, 0) is 0 Å². The third-order valence-electron chi connectivity index (χ3n) is 5.17. The Kier molecular flexibility index (Phi) is 7.56. The summed E-state index contributed by atoms with van der Waals surface area (Å²) < 4.78 is 5.72. The number of nitrogens with zero attached hydrogens (tertiary/aromatic N) is 1. The van der Waals surface area contributed by atoms with Gasteiger partial charge in [0.15, 0.2) is 0 Å². The first-order valence-corrected chi connectivity index (χ1v) is 10.4. The summed E-state index contributed by atoms with van der Waals surface area (Å²) in [6, 6.07) is 14.0. The van der Waals surface area contributed by atoms with Crippen molar-refractivity contribution in [1.29, 1.82) is 0 Å². The topological polar surface area (TPSA) is 118 Å². The number of nitrogens with one attached hydrogen (secondary N) is 2. The molecule has 0 bridgehead atoms. The van der Waals surface area contributed by atoms with Crippen LogP contribution in [0.5, 0.6) is 5.75 Å². The molecule has 1 aliphatic heterocycles. The SMILES string of the molecule is CN=CC(=CN)c1ccc2c(c1)C(Nc1ccccc1OCCO)CCN/C2=C(/C)N. The van der Waals surface area contributed by atoms with Crippen LogP contribution < -0.4 is 26.8 Å². The molecule has 1 unspecified atom stereocenters. The molecule has 7 heteroatoms. The molecule has 0 radical (unpaired) electrons. The summed E-state index contributed by atoms with van der Waals surface area (Å²) in [6.07, 6.45) is 4.16. The molecule has 0 fully saturated rings. The van der Waals surface area contributed by atoms with Crippen LogP contribution >= 0.6 is 0 Å². The number of benzene rings is 2. The van der Waals surface area contributed by atoms with Crippen LogP contribution in [0.1, 0.15) is 36.1 Å². The van der Waals surface area contributed by atoms with E-state index >= 15 is 0 Å². The summed E-state index contributed by atoms with van der Waals surface area (Å²) in [7, 11) is 1.73. The van der Waals surface area contributed by atoms with Crippen molar-refractivity contribution < 1.29 is 9.84 Å². The highest BCUT2D eigenvalue weighted by Crippen LogP contribution is 2.36. The van der Waals surface area contributed by atoms with Crippen molar-refractivity contribution in [2.45, 2.75) is 19.4 Å². The highest BCUT2D eigenvalue weighted by Gasteiger charge is 2.23. The number of hydrogen-bond donors (Lipinski definition) is 5. The number of rotatable bonds is 7. The van der Waals surface area contributed by atoms with E-state index in [2.05, 4.69) is 27.8 Å². The van der Waals surface area contributed by atoms with Crippen LogP contribution in [-0.4, -0.2) is 38.1 Å². The first kappa shape index (κ1) is 22.2. The summed E-state index contributed by atoms with van der Waals surface area (Å²) in [6.45, 7) is 2.87. The van der Waals surface area contributed by atoms with Gasteiger partial charge in [0.25, 0.3) is 0 Å². The van der Waals surface area contributed by atoms with Gasteiger partial charge in [0, 0.05) is 42.8 Å². The maximum absolute atomic E-state index is 9.14. The Bertz CT molecular complexity index is 993. The van der Waals surface area contributed by atoms with Crippen molar-refractivity contribution in [3.8, 4) is 5.75 Å². The fourth-order valence-electron chi connectivity index (χ4n) is 3.76. The number of aliphatic imine (C=N–C) groups is 1.